The van der Waals surface area contributed by atoms with Crippen LogP contribution in [0.1, 0.15) is 5.56 Å². The van der Waals surface area contributed by atoms with E-state index >= 15 is 0 Å². The highest BCUT2D eigenvalue weighted by molar-refractivity contribution is 6.33. The highest BCUT2D eigenvalue weighted by atomic mass is 28.1. The van der Waals surface area contributed by atoms with Crippen molar-refractivity contribution in [3.63, 3.8) is 0 Å². The normalized spacial score (nSPS) is 9.67. The molecule has 1 aromatic rings. The van der Waals surface area contributed by atoms with Crippen LogP contribution in [0.5, 0.6) is 0 Å². The van der Waals surface area contributed by atoms with Crippen LogP contribution in [0.25, 0.3) is 0 Å². The molecular formula is C7H6FSi. The predicted molar refractivity (Wildman–Crippen MR) is 36.5 cm³/mol. The molecule has 0 N–H and O–H groups in total. The van der Waals surface area contributed by atoms with Crippen LogP contribution in [0.2, 0.25) is 0 Å². The lowest BCUT2D eigenvalue weighted by Crippen LogP contribution is -2.06. The van der Waals surface area contributed by atoms with E-state index in [9.17, 15) is 4.39 Å². The quantitative estimate of drug-likeness (QED) is 0.467. The summed E-state index contributed by atoms with van der Waals surface area (Å²) in [4.78, 5) is 0. The molecule has 0 bridgehead atoms. The second-order valence-electron chi connectivity index (χ2n) is 1.96. The minimum absolute atomic E-state index is 0.203. The average Bonchev–Trinajstić information content (AvgIpc) is 1.80. The summed E-state index contributed by atoms with van der Waals surface area (Å²) in [5.41, 5.74) is 1.05. The largest absolute Gasteiger partial charge is 0.207 e. The highest BCUT2D eigenvalue weighted by Crippen LogP contribution is 1.96. The first kappa shape index (κ1) is 6.49. The number of rotatable bonds is 0. The molecule has 0 spiro atoms. The van der Waals surface area contributed by atoms with Gasteiger partial charge in [0.1, 0.15) is 5.82 Å². The van der Waals surface area contributed by atoms with Gasteiger partial charge >= 0.3 is 0 Å². The Morgan fingerprint density at radius 3 is 2.56 bits per heavy atom. The van der Waals surface area contributed by atoms with Gasteiger partial charge in [-0.25, -0.2) is 4.39 Å². The molecule has 0 aliphatic rings. The van der Waals surface area contributed by atoms with Gasteiger partial charge in [-0.15, -0.1) is 0 Å². The van der Waals surface area contributed by atoms with Crippen molar-refractivity contribution >= 4 is 15.4 Å². The zero-order valence-corrected chi connectivity index (χ0v) is 6.11. The second kappa shape index (κ2) is 2.31. The molecule has 0 fully saturated rings. The highest BCUT2D eigenvalue weighted by Gasteiger charge is 1.91. The van der Waals surface area contributed by atoms with Gasteiger partial charge in [-0.1, -0.05) is 16.8 Å². The van der Waals surface area contributed by atoms with Crippen molar-refractivity contribution in [1.29, 1.82) is 0 Å². The molecule has 0 atom stereocenters. The number of hydrogen-bond donors (Lipinski definition) is 0. The Kier molecular flexibility index (Phi) is 1.67. The lowest BCUT2D eigenvalue weighted by molar-refractivity contribution is 0.628. The summed E-state index contributed by atoms with van der Waals surface area (Å²) < 4.78 is 12.3. The molecular weight excluding hydrogens is 131 g/mol. The Morgan fingerprint density at radius 2 is 2.11 bits per heavy atom. The first-order valence-corrected chi connectivity index (χ1v) is 3.18. The van der Waals surface area contributed by atoms with E-state index in [2.05, 4.69) is 10.2 Å². The fraction of sp³-hybridized carbons (Fsp3) is 0.143. The van der Waals surface area contributed by atoms with Crippen LogP contribution in [-0.4, -0.2) is 10.2 Å². The van der Waals surface area contributed by atoms with Crippen molar-refractivity contribution in [3.05, 3.63) is 29.6 Å². The summed E-state index contributed by atoms with van der Waals surface area (Å²) in [5.74, 6) is -0.203. The Balaban J connectivity index is 3.17. The van der Waals surface area contributed by atoms with Gasteiger partial charge in [0.2, 0.25) is 0 Å². The first-order valence-electron chi connectivity index (χ1n) is 2.68. The summed E-state index contributed by atoms with van der Waals surface area (Å²) in [6.07, 6.45) is 0. The molecule has 0 aliphatic heterocycles. The van der Waals surface area contributed by atoms with E-state index in [0.717, 1.165) is 10.8 Å². The van der Waals surface area contributed by atoms with Crippen molar-refractivity contribution in [1.82, 2.24) is 0 Å². The number of benzene rings is 1. The van der Waals surface area contributed by atoms with E-state index in [0.29, 0.717) is 0 Å². The smallest absolute Gasteiger partial charge is 0.123 e. The number of hydrogen-bond acceptors (Lipinski definition) is 0. The van der Waals surface area contributed by atoms with Crippen molar-refractivity contribution in [2.75, 3.05) is 0 Å². The van der Waals surface area contributed by atoms with Crippen molar-refractivity contribution < 1.29 is 4.39 Å². The van der Waals surface area contributed by atoms with Gasteiger partial charge in [0.15, 0.2) is 0 Å². The van der Waals surface area contributed by atoms with E-state index in [4.69, 9.17) is 0 Å². The third-order valence-corrected chi connectivity index (χ3v) is 1.74. The first-order chi connectivity index (χ1) is 4.20. The van der Waals surface area contributed by atoms with Crippen molar-refractivity contribution in [2.45, 2.75) is 6.92 Å². The molecule has 0 heterocycles. The summed E-state index contributed by atoms with van der Waals surface area (Å²) in [7, 11) is 3.25. The van der Waals surface area contributed by atoms with Crippen molar-refractivity contribution in [3.8, 4) is 0 Å². The van der Waals surface area contributed by atoms with Crippen LogP contribution in [0, 0.1) is 12.7 Å². The maximum absolute atomic E-state index is 12.3. The van der Waals surface area contributed by atoms with E-state index in [-0.39, 0.29) is 5.82 Å². The minimum Gasteiger partial charge on any atom is -0.207 e. The molecule has 1 aromatic carbocycles. The van der Waals surface area contributed by atoms with E-state index in [1.54, 1.807) is 6.07 Å². The maximum Gasteiger partial charge on any atom is 0.123 e. The molecule has 2 heteroatoms. The molecule has 1 rings (SSSR count). The zero-order chi connectivity index (χ0) is 6.85. The lowest BCUT2D eigenvalue weighted by atomic mass is 10.2. The van der Waals surface area contributed by atoms with Gasteiger partial charge in [-0.05, 0) is 19.1 Å². The van der Waals surface area contributed by atoms with Gasteiger partial charge in [0.05, 0.1) is 10.2 Å². The molecule has 0 aromatic heterocycles. The fourth-order valence-corrected chi connectivity index (χ4v) is 0.815. The number of aryl methyl sites for hydroxylation is 1. The Labute approximate surface area is 57.1 Å². The SMILES string of the molecule is Cc1ccc(F)cc1[Si]. The summed E-state index contributed by atoms with van der Waals surface area (Å²) >= 11 is 0. The minimum atomic E-state index is -0.203. The Morgan fingerprint density at radius 1 is 1.44 bits per heavy atom. The zero-order valence-electron chi connectivity index (χ0n) is 5.11. The molecule has 0 unspecified atom stereocenters. The standard InChI is InChI=1S/C7H6FSi/c1-5-2-3-6(8)4-7(5)9/h2-4H,1H3. The van der Waals surface area contributed by atoms with Crippen LogP contribution in [0.4, 0.5) is 4.39 Å². The van der Waals surface area contributed by atoms with Crippen LogP contribution in [-0.2, 0) is 0 Å². The lowest BCUT2D eigenvalue weighted by Gasteiger charge is -1.96. The predicted octanol–water partition coefficient (Wildman–Crippen LogP) is 0.928. The van der Waals surface area contributed by atoms with E-state index in [1.165, 1.54) is 12.1 Å². The van der Waals surface area contributed by atoms with Crippen molar-refractivity contribution in [2.24, 2.45) is 0 Å². The Hall–Kier alpha value is -0.633. The molecule has 0 aliphatic carbocycles. The van der Waals surface area contributed by atoms with Gasteiger partial charge in [0, 0.05) is 0 Å². The summed E-state index contributed by atoms with van der Waals surface area (Å²) in [6, 6.07) is 4.63. The van der Waals surface area contributed by atoms with E-state index < -0.39 is 0 Å². The molecule has 0 nitrogen and oxygen atoms in total. The van der Waals surface area contributed by atoms with Gasteiger partial charge in [-0.2, -0.15) is 0 Å². The third kappa shape index (κ3) is 1.39. The van der Waals surface area contributed by atoms with Crippen LogP contribution in [0.3, 0.4) is 0 Å². The van der Waals surface area contributed by atoms with Gasteiger partial charge in [0.25, 0.3) is 0 Å². The van der Waals surface area contributed by atoms with Crippen LogP contribution in [0.15, 0.2) is 18.2 Å². The fourth-order valence-electron chi connectivity index (χ4n) is 0.594. The molecule has 45 valence electrons. The van der Waals surface area contributed by atoms with Crippen LogP contribution < -0.4 is 5.19 Å². The molecule has 0 saturated heterocycles. The summed E-state index contributed by atoms with van der Waals surface area (Å²) in [6.45, 7) is 1.92. The second-order valence-corrected chi connectivity index (χ2v) is 2.50. The van der Waals surface area contributed by atoms with Gasteiger partial charge in [-0.3, -0.25) is 0 Å². The average molecular weight is 137 g/mol. The van der Waals surface area contributed by atoms with Gasteiger partial charge < -0.3 is 0 Å². The molecule has 0 saturated carbocycles. The summed E-state index contributed by atoms with van der Waals surface area (Å²) in [5, 5.41) is 0.815. The van der Waals surface area contributed by atoms with Crippen LogP contribution >= 0.6 is 0 Å². The molecule has 0 amide bonds. The van der Waals surface area contributed by atoms with E-state index in [1.807, 2.05) is 6.92 Å². The number of halogens is 1. The Bertz CT molecular complexity index is 220. The maximum atomic E-state index is 12.3. The molecule has 9 heavy (non-hydrogen) atoms. The topological polar surface area (TPSA) is 0 Å². The third-order valence-electron chi connectivity index (χ3n) is 1.20. The monoisotopic (exact) mass is 137 g/mol. The molecule has 3 radical (unpaired) electrons.